The van der Waals surface area contributed by atoms with Gasteiger partial charge in [-0.15, -0.1) is 0 Å². The Hall–Kier alpha value is -2.86. The molecule has 1 amide bonds. The Balaban J connectivity index is 1.45. The highest BCUT2D eigenvalue weighted by Gasteiger charge is 2.22. The summed E-state index contributed by atoms with van der Waals surface area (Å²) >= 11 is 6.22. The Morgan fingerprint density at radius 3 is 2.43 bits per heavy atom. The minimum absolute atomic E-state index is 0.258. The lowest BCUT2D eigenvalue weighted by atomic mass is 10.2. The van der Waals surface area contributed by atoms with Crippen LogP contribution in [0.2, 0.25) is 5.02 Å². The van der Waals surface area contributed by atoms with Crippen LogP contribution in [0.5, 0.6) is 0 Å². The first-order chi connectivity index (χ1) is 13.5. The number of carbonyl (C=O) groups is 2. The summed E-state index contributed by atoms with van der Waals surface area (Å²) in [5.41, 5.74) is 1.22. The van der Waals surface area contributed by atoms with Crippen molar-refractivity contribution in [2.75, 3.05) is 37.7 Å². The van der Waals surface area contributed by atoms with Gasteiger partial charge < -0.3 is 14.5 Å². The van der Waals surface area contributed by atoms with Crippen molar-refractivity contribution in [3.8, 4) is 0 Å². The summed E-state index contributed by atoms with van der Waals surface area (Å²) < 4.78 is 18.5. The Morgan fingerprint density at radius 1 is 1.04 bits per heavy atom. The third kappa shape index (κ3) is 5.10. The molecule has 2 aromatic carbocycles. The van der Waals surface area contributed by atoms with Crippen LogP contribution < -0.4 is 4.90 Å². The zero-order valence-electron chi connectivity index (χ0n) is 15.2. The van der Waals surface area contributed by atoms with Crippen LogP contribution in [0.4, 0.5) is 10.1 Å². The number of benzene rings is 2. The summed E-state index contributed by atoms with van der Waals surface area (Å²) in [5, 5.41) is 0.679. The van der Waals surface area contributed by atoms with Crippen LogP contribution in [0.3, 0.4) is 0 Å². The fraction of sp³-hybridized carbons (Fsp3) is 0.238. The molecule has 28 heavy (non-hydrogen) atoms. The lowest BCUT2D eigenvalue weighted by molar-refractivity contribution is -0.148. The van der Waals surface area contributed by atoms with Gasteiger partial charge in [0.25, 0.3) is 5.91 Å². The van der Waals surface area contributed by atoms with Crippen LogP contribution >= 0.6 is 11.6 Å². The van der Waals surface area contributed by atoms with Gasteiger partial charge >= 0.3 is 5.97 Å². The molecular weight excluding hydrogens is 383 g/mol. The first-order valence-corrected chi connectivity index (χ1v) is 9.29. The Kier molecular flexibility index (Phi) is 6.66. The van der Waals surface area contributed by atoms with E-state index in [0.717, 1.165) is 11.8 Å². The number of ether oxygens (including phenoxy) is 1. The highest BCUT2D eigenvalue weighted by atomic mass is 35.5. The van der Waals surface area contributed by atoms with Gasteiger partial charge in [-0.2, -0.15) is 0 Å². The highest BCUT2D eigenvalue weighted by Crippen LogP contribution is 2.26. The van der Waals surface area contributed by atoms with Crippen molar-refractivity contribution in [1.82, 2.24) is 4.90 Å². The third-order valence-electron chi connectivity index (χ3n) is 4.47. The van der Waals surface area contributed by atoms with E-state index in [2.05, 4.69) is 4.90 Å². The fourth-order valence-corrected chi connectivity index (χ4v) is 3.20. The van der Waals surface area contributed by atoms with Crippen LogP contribution in [-0.4, -0.2) is 49.6 Å². The Bertz CT molecular complexity index is 879. The molecule has 3 rings (SSSR count). The van der Waals surface area contributed by atoms with Crippen LogP contribution in [-0.2, 0) is 14.3 Å². The number of para-hydroxylation sites is 1. The number of nitrogens with zero attached hydrogens (tertiary/aromatic N) is 2. The van der Waals surface area contributed by atoms with Crippen molar-refractivity contribution in [3.05, 3.63) is 71.0 Å². The van der Waals surface area contributed by atoms with Gasteiger partial charge in [-0.05, 0) is 24.3 Å². The Labute approximate surface area is 168 Å². The molecule has 0 saturated carbocycles. The van der Waals surface area contributed by atoms with E-state index in [1.165, 1.54) is 12.1 Å². The summed E-state index contributed by atoms with van der Waals surface area (Å²) in [5.74, 6) is -1.38. The molecule has 0 atom stereocenters. The first-order valence-electron chi connectivity index (χ1n) is 8.91. The lowest BCUT2D eigenvalue weighted by Gasteiger charge is -2.36. The molecule has 1 heterocycles. The van der Waals surface area contributed by atoms with Gasteiger partial charge in [0, 0.05) is 37.8 Å². The molecule has 0 N–H and O–H groups in total. The van der Waals surface area contributed by atoms with Gasteiger partial charge in [0.2, 0.25) is 0 Å². The maximum absolute atomic E-state index is 13.5. The number of piperazine rings is 1. The molecule has 0 unspecified atom stereocenters. The summed E-state index contributed by atoms with van der Waals surface area (Å²) in [6.45, 7) is 2.00. The highest BCUT2D eigenvalue weighted by molar-refractivity contribution is 6.33. The van der Waals surface area contributed by atoms with Crippen LogP contribution in [0.25, 0.3) is 6.08 Å². The van der Waals surface area contributed by atoms with Crippen LogP contribution in [0, 0.1) is 5.82 Å². The van der Waals surface area contributed by atoms with Crippen LogP contribution in [0.15, 0.2) is 54.6 Å². The molecular formula is C21H20ClFN2O3. The second-order valence-electron chi connectivity index (χ2n) is 6.28. The molecule has 1 aliphatic rings. The van der Waals surface area contributed by atoms with E-state index in [-0.39, 0.29) is 18.1 Å². The lowest BCUT2D eigenvalue weighted by Crippen LogP contribution is -2.50. The number of hydrogen-bond acceptors (Lipinski definition) is 4. The van der Waals surface area contributed by atoms with Gasteiger partial charge in [0.1, 0.15) is 5.82 Å². The molecule has 7 heteroatoms. The average Bonchev–Trinajstić information content (AvgIpc) is 2.72. The molecule has 1 saturated heterocycles. The van der Waals surface area contributed by atoms with Crippen LogP contribution in [0.1, 0.15) is 5.56 Å². The van der Waals surface area contributed by atoms with Crippen molar-refractivity contribution < 1.29 is 18.7 Å². The standard InChI is InChI=1S/C21H20ClFN2O3/c22-17-6-2-4-8-19(17)24-11-13-25(14-12-24)20(26)15-28-21(27)10-9-16-5-1-3-7-18(16)23/h1-10H,11-15H2/b10-9+. The monoisotopic (exact) mass is 402 g/mol. The number of esters is 1. The van der Waals surface area contributed by atoms with E-state index in [0.29, 0.717) is 31.2 Å². The minimum Gasteiger partial charge on any atom is -0.452 e. The van der Waals surface area contributed by atoms with Crippen molar-refractivity contribution in [2.24, 2.45) is 0 Å². The molecule has 5 nitrogen and oxygen atoms in total. The van der Waals surface area contributed by atoms with Gasteiger partial charge in [-0.25, -0.2) is 9.18 Å². The zero-order valence-corrected chi connectivity index (χ0v) is 15.9. The number of anilines is 1. The molecule has 0 bridgehead atoms. The number of halogens is 2. The van der Waals surface area contributed by atoms with Gasteiger partial charge in [-0.3, -0.25) is 4.79 Å². The maximum atomic E-state index is 13.5. The fourth-order valence-electron chi connectivity index (χ4n) is 2.95. The Morgan fingerprint density at radius 2 is 1.71 bits per heavy atom. The maximum Gasteiger partial charge on any atom is 0.331 e. The van der Waals surface area contributed by atoms with E-state index >= 15 is 0 Å². The summed E-state index contributed by atoms with van der Waals surface area (Å²) in [7, 11) is 0. The largest absolute Gasteiger partial charge is 0.452 e. The molecule has 146 valence electrons. The topological polar surface area (TPSA) is 49.9 Å². The SMILES string of the molecule is O=C(/C=C/c1ccccc1F)OCC(=O)N1CCN(c2ccccc2Cl)CC1. The van der Waals surface area contributed by atoms with Crippen molar-refractivity contribution in [1.29, 1.82) is 0 Å². The minimum atomic E-state index is -0.689. The molecule has 2 aromatic rings. The van der Waals surface area contributed by atoms with Gasteiger partial charge in [-0.1, -0.05) is 41.9 Å². The number of amides is 1. The molecule has 1 aliphatic heterocycles. The molecule has 0 spiro atoms. The summed E-state index contributed by atoms with van der Waals surface area (Å²) in [6, 6.07) is 13.7. The average molecular weight is 403 g/mol. The van der Waals surface area contributed by atoms with E-state index in [9.17, 15) is 14.0 Å². The molecule has 1 fully saturated rings. The van der Waals surface area contributed by atoms with Crippen molar-refractivity contribution >= 4 is 35.2 Å². The first kappa shape index (κ1) is 19.9. The number of rotatable bonds is 5. The van der Waals surface area contributed by atoms with E-state index in [4.69, 9.17) is 16.3 Å². The number of hydrogen-bond donors (Lipinski definition) is 0. The van der Waals surface area contributed by atoms with Crippen molar-refractivity contribution in [3.63, 3.8) is 0 Å². The quantitative estimate of drug-likeness (QED) is 0.568. The number of carbonyl (C=O) groups excluding carboxylic acids is 2. The molecule has 0 aromatic heterocycles. The van der Waals surface area contributed by atoms with E-state index < -0.39 is 11.8 Å². The second kappa shape index (κ2) is 9.37. The van der Waals surface area contributed by atoms with Gasteiger partial charge in [0.15, 0.2) is 6.61 Å². The van der Waals surface area contributed by atoms with Gasteiger partial charge in [0.05, 0.1) is 10.7 Å². The predicted octanol–water partition coefficient (Wildman–Crippen LogP) is 3.38. The second-order valence-corrected chi connectivity index (χ2v) is 6.69. The van der Waals surface area contributed by atoms with E-state index in [1.807, 2.05) is 24.3 Å². The van der Waals surface area contributed by atoms with E-state index in [1.54, 1.807) is 23.1 Å². The predicted molar refractivity (Wildman–Crippen MR) is 107 cm³/mol. The third-order valence-corrected chi connectivity index (χ3v) is 4.79. The van der Waals surface area contributed by atoms with Crippen molar-refractivity contribution in [2.45, 2.75) is 0 Å². The molecule has 0 radical (unpaired) electrons. The smallest absolute Gasteiger partial charge is 0.331 e. The summed E-state index contributed by atoms with van der Waals surface area (Å²) in [6.07, 6.45) is 2.44. The molecule has 0 aliphatic carbocycles. The zero-order chi connectivity index (χ0) is 19.9. The normalized spacial score (nSPS) is 14.4. The summed E-state index contributed by atoms with van der Waals surface area (Å²) in [4.78, 5) is 27.8.